The van der Waals surface area contributed by atoms with Gasteiger partial charge in [0.2, 0.25) is 0 Å². The van der Waals surface area contributed by atoms with Crippen LogP contribution in [0.5, 0.6) is 5.75 Å². The molecule has 5 nitrogen and oxygen atoms in total. The third-order valence-electron chi connectivity index (χ3n) is 3.38. The van der Waals surface area contributed by atoms with E-state index in [9.17, 15) is 32.6 Å². The van der Waals surface area contributed by atoms with Gasteiger partial charge in [-0.1, -0.05) is 11.6 Å². The number of aliphatic hydroxyl groups excluding tert-OH is 1. The molecule has 0 aliphatic heterocycles. The Hall–Kier alpha value is -3.07. The molecule has 0 bridgehead atoms. The van der Waals surface area contributed by atoms with Gasteiger partial charge < -0.3 is 14.9 Å². The van der Waals surface area contributed by atoms with Crippen molar-refractivity contribution in [1.29, 1.82) is 0 Å². The molecule has 0 saturated carbocycles. The van der Waals surface area contributed by atoms with Gasteiger partial charge in [-0.15, -0.1) is 0 Å². The maximum absolute atomic E-state index is 13.9. The Morgan fingerprint density at radius 1 is 1.18 bits per heavy atom. The van der Waals surface area contributed by atoms with Crippen molar-refractivity contribution in [1.82, 2.24) is 0 Å². The number of aliphatic hydroxyl groups is 1. The molecule has 0 atom stereocenters. The van der Waals surface area contributed by atoms with E-state index in [2.05, 4.69) is 4.99 Å². The molecule has 0 aromatic heterocycles. The van der Waals surface area contributed by atoms with Gasteiger partial charge in [0.05, 0.1) is 12.2 Å². The summed E-state index contributed by atoms with van der Waals surface area (Å²) < 4.78 is 58.6. The summed E-state index contributed by atoms with van der Waals surface area (Å²) >= 11 is 5.68. The van der Waals surface area contributed by atoms with E-state index in [1.807, 2.05) is 0 Å². The number of ether oxygens (including phenoxy) is 1. The first-order chi connectivity index (χ1) is 13.2. The molecule has 0 saturated heterocycles. The van der Waals surface area contributed by atoms with Gasteiger partial charge >= 0.3 is 5.97 Å². The van der Waals surface area contributed by atoms with Crippen LogP contribution in [0.1, 0.15) is 12.5 Å². The van der Waals surface area contributed by atoms with Crippen molar-refractivity contribution in [3.8, 4) is 5.75 Å². The predicted octanol–water partition coefficient (Wildman–Crippen LogP) is 4.84. The topological polar surface area (TPSA) is 79.1 Å². The van der Waals surface area contributed by atoms with Crippen molar-refractivity contribution in [2.24, 2.45) is 4.99 Å². The van der Waals surface area contributed by atoms with Crippen molar-refractivity contribution in [2.75, 3.05) is 6.61 Å². The van der Waals surface area contributed by atoms with Gasteiger partial charge in [0.1, 0.15) is 22.8 Å². The molecule has 0 amide bonds. The smallest absolute Gasteiger partial charge is 0.343 e. The second-order valence-corrected chi connectivity index (χ2v) is 5.66. The molecule has 0 radical (unpaired) electrons. The summed E-state index contributed by atoms with van der Waals surface area (Å²) in [5, 5.41) is 20.1. The van der Waals surface area contributed by atoms with Crippen LogP contribution in [0.3, 0.4) is 0 Å². The highest BCUT2D eigenvalue weighted by atomic mass is 35.5. The molecule has 2 aromatic rings. The Bertz CT molecular complexity index is 992. The normalized spacial score (nSPS) is 12.2. The highest BCUT2D eigenvalue weighted by Crippen LogP contribution is 2.30. The van der Waals surface area contributed by atoms with Crippen LogP contribution in [-0.2, 0) is 9.53 Å². The molecule has 10 heteroatoms. The number of rotatable bonds is 5. The van der Waals surface area contributed by atoms with Gasteiger partial charge in [-0.2, -0.15) is 0 Å². The zero-order chi connectivity index (χ0) is 21.0. The van der Waals surface area contributed by atoms with Crippen LogP contribution in [0.2, 0.25) is 5.02 Å². The maximum Gasteiger partial charge on any atom is 0.343 e. The molecule has 0 spiro atoms. The van der Waals surface area contributed by atoms with E-state index in [0.717, 1.165) is 6.07 Å². The number of esters is 1. The van der Waals surface area contributed by atoms with Gasteiger partial charge in [-0.25, -0.2) is 22.4 Å². The summed E-state index contributed by atoms with van der Waals surface area (Å²) in [6.45, 7) is 1.29. The van der Waals surface area contributed by atoms with E-state index in [-0.39, 0.29) is 29.1 Å². The first-order valence-electron chi connectivity index (χ1n) is 7.63. The lowest BCUT2D eigenvalue weighted by molar-refractivity contribution is -0.137. The molecular formula is C18H12ClF4NO4. The molecule has 0 aliphatic carbocycles. The van der Waals surface area contributed by atoms with Gasteiger partial charge in [0.25, 0.3) is 0 Å². The number of halogens is 5. The molecule has 28 heavy (non-hydrogen) atoms. The monoisotopic (exact) mass is 417 g/mol. The van der Waals surface area contributed by atoms with Crippen LogP contribution < -0.4 is 0 Å². The average Bonchev–Trinajstić information content (AvgIpc) is 2.64. The highest BCUT2D eigenvalue weighted by Gasteiger charge is 2.25. The number of phenols is 1. The van der Waals surface area contributed by atoms with E-state index >= 15 is 0 Å². The Labute approximate surface area is 161 Å². The van der Waals surface area contributed by atoms with E-state index in [1.54, 1.807) is 0 Å². The Morgan fingerprint density at radius 2 is 1.86 bits per heavy atom. The highest BCUT2D eigenvalue weighted by molar-refractivity contribution is 6.30. The second-order valence-electron chi connectivity index (χ2n) is 5.22. The summed E-state index contributed by atoms with van der Waals surface area (Å²) in [5.74, 6) is -10.8. The van der Waals surface area contributed by atoms with Crippen molar-refractivity contribution < 1.29 is 37.3 Å². The Kier molecular flexibility index (Phi) is 6.63. The minimum absolute atomic E-state index is 0.0871. The number of benzene rings is 2. The van der Waals surface area contributed by atoms with Crippen LogP contribution in [0.4, 0.5) is 23.2 Å². The maximum atomic E-state index is 13.9. The van der Waals surface area contributed by atoms with Crippen molar-refractivity contribution in [3.05, 3.63) is 63.7 Å². The summed E-state index contributed by atoms with van der Waals surface area (Å²) in [7, 11) is 0. The first-order valence-corrected chi connectivity index (χ1v) is 8.01. The Morgan fingerprint density at radius 3 is 2.46 bits per heavy atom. The number of carbonyl (C=O) groups is 1. The first kappa shape index (κ1) is 21.2. The molecule has 0 fully saturated rings. The minimum atomic E-state index is -2.17. The number of aromatic hydroxyl groups is 1. The molecule has 148 valence electrons. The fourth-order valence-corrected chi connectivity index (χ4v) is 2.22. The second kappa shape index (κ2) is 8.75. The zero-order valence-corrected chi connectivity index (χ0v) is 14.9. The van der Waals surface area contributed by atoms with Crippen LogP contribution in [0, 0.1) is 23.3 Å². The lowest BCUT2D eigenvalue weighted by atomic mass is 10.1. The summed E-state index contributed by atoms with van der Waals surface area (Å²) in [4.78, 5) is 15.8. The van der Waals surface area contributed by atoms with Gasteiger partial charge in [0.15, 0.2) is 23.3 Å². The standard InChI is InChI=1S/C18H12ClF4NO4/c1-2-28-18(27)10(7-24-12-4-3-8(19)5-13(12)25)17(26)9-6-11(20)15(22)16(23)14(9)21/h3-7,25-26H,2H2,1H3. The van der Waals surface area contributed by atoms with Crippen LogP contribution in [0.15, 0.2) is 34.8 Å². The largest absolute Gasteiger partial charge is 0.506 e. The third-order valence-corrected chi connectivity index (χ3v) is 3.61. The number of carbonyl (C=O) groups excluding carboxylic acids is 1. The lowest BCUT2D eigenvalue weighted by Gasteiger charge is -2.09. The van der Waals surface area contributed by atoms with Crippen LogP contribution in [0.25, 0.3) is 5.76 Å². The molecule has 0 heterocycles. The van der Waals surface area contributed by atoms with Crippen molar-refractivity contribution in [3.63, 3.8) is 0 Å². The predicted molar refractivity (Wildman–Crippen MR) is 93.7 cm³/mol. The molecular weight excluding hydrogens is 406 g/mol. The van der Waals surface area contributed by atoms with Gasteiger partial charge in [-0.05, 0) is 25.1 Å². The number of hydrogen-bond donors (Lipinski definition) is 2. The van der Waals surface area contributed by atoms with E-state index in [1.165, 1.54) is 19.1 Å². The molecule has 2 rings (SSSR count). The zero-order valence-electron chi connectivity index (χ0n) is 14.1. The Balaban J connectivity index is 2.62. The minimum Gasteiger partial charge on any atom is -0.506 e. The number of aliphatic imine (C=N–C) groups is 1. The van der Waals surface area contributed by atoms with Crippen molar-refractivity contribution >= 4 is 35.2 Å². The summed E-state index contributed by atoms with van der Waals surface area (Å²) in [6, 6.07) is 3.96. The summed E-state index contributed by atoms with van der Waals surface area (Å²) in [5.41, 5.74) is -2.00. The SMILES string of the molecule is CCOC(=O)C(C=Nc1ccc(Cl)cc1O)=C(O)c1cc(F)c(F)c(F)c1F. The van der Waals surface area contributed by atoms with Crippen LogP contribution in [-0.4, -0.2) is 29.0 Å². The van der Waals surface area contributed by atoms with Gasteiger partial charge in [0, 0.05) is 17.3 Å². The van der Waals surface area contributed by atoms with E-state index in [0.29, 0.717) is 6.21 Å². The quantitative estimate of drug-likeness (QED) is 0.139. The fourth-order valence-electron chi connectivity index (χ4n) is 2.05. The molecule has 2 aromatic carbocycles. The van der Waals surface area contributed by atoms with E-state index < -0.39 is 46.1 Å². The van der Waals surface area contributed by atoms with E-state index in [4.69, 9.17) is 16.3 Å². The number of nitrogens with zero attached hydrogens (tertiary/aromatic N) is 1. The molecule has 0 unspecified atom stereocenters. The number of phenolic OH excluding ortho intramolecular Hbond substituents is 1. The lowest BCUT2D eigenvalue weighted by Crippen LogP contribution is -2.12. The third kappa shape index (κ3) is 4.42. The fraction of sp³-hybridized carbons (Fsp3) is 0.111. The van der Waals surface area contributed by atoms with Gasteiger partial charge in [-0.3, -0.25) is 4.99 Å². The molecule has 0 aliphatic rings. The van der Waals surface area contributed by atoms with Crippen LogP contribution >= 0.6 is 11.6 Å². The number of hydrogen-bond acceptors (Lipinski definition) is 5. The summed E-state index contributed by atoms with van der Waals surface area (Å²) in [6.07, 6.45) is 0.689. The average molecular weight is 418 g/mol. The van der Waals surface area contributed by atoms with Crippen molar-refractivity contribution in [2.45, 2.75) is 6.92 Å². The molecule has 2 N–H and O–H groups in total.